The molecule has 404 valence electrons. The van der Waals surface area contributed by atoms with Crippen LogP contribution in [0.2, 0.25) is 0 Å². The highest BCUT2D eigenvalue weighted by Crippen LogP contribution is 2.38. The van der Waals surface area contributed by atoms with Gasteiger partial charge in [-0.1, -0.05) is 6.58 Å². The molecule has 0 aromatic carbocycles. The summed E-state index contributed by atoms with van der Waals surface area (Å²) in [6, 6.07) is 0. The molecule has 0 spiro atoms. The molecule has 0 amide bonds. The van der Waals surface area contributed by atoms with Crippen molar-refractivity contribution in [3.63, 3.8) is 0 Å². The maximum absolute atomic E-state index is 11.6. The van der Waals surface area contributed by atoms with Gasteiger partial charge in [0.25, 0.3) is 0 Å². The van der Waals surface area contributed by atoms with Crippen LogP contribution in [-0.2, 0) is 66.3 Å². The van der Waals surface area contributed by atoms with Gasteiger partial charge in [0, 0.05) is 0 Å². The van der Waals surface area contributed by atoms with E-state index in [1.54, 1.807) is 0 Å². The van der Waals surface area contributed by atoms with Gasteiger partial charge in [0.2, 0.25) is 0 Å². The van der Waals surface area contributed by atoms with Crippen LogP contribution in [0, 0.1) is 0 Å². The van der Waals surface area contributed by atoms with Gasteiger partial charge in [-0.25, -0.2) is 0 Å². The molecule has 0 radical (unpaired) electrons. The van der Waals surface area contributed by atoms with Crippen molar-refractivity contribution in [1.29, 1.82) is 0 Å². The smallest absolute Gasteiger partial charge is 0.187 e. The second-order valence-electron chi connectivity index (χ2n) is 18.3. The highest BCUT2D eigenvalue weighted by Gasteiger charge is 2.59. The molecule has 30 heteroatoms. The van der Waals surface area contributed by atoms with E-state index in [1.807, 2.05) is 0 Å². The summed E-state index contributed by atoms with van der Waals surface area (Å²) < 4.78 is 81.9. The molecule has 70 heavy (non-hydrogen) atoms. The van der Waals surface area contributed by atoms with Crippen molar-refractivity contribution in [3.05, 3.63) is 12.2 Å². The van der Waals surface area contributed by atoms with Crippen LogP contribution in [0.25, 0.3) is 0 Å². The number of aliphatic hydroxyl groups excluding tert-OH is 16. The summed E-state index contributed by atoms with van der Waals surface area (Å²) in [5.41, 5.74) is 0.200. The second kappa shape index (κ2) is 23.2. The van der Waals surface area contributed by atoms with Crippen LogP contribution < -0.4 is 0 Å². The largest absolute Gasteiger partial charge is 0.394 e. The van der Waals surface area contributed by atoms with Crippen molar-refractivity contribution in [3.8, 4) is 0 Å². The topological polar surface area (TPSA) is 453 Å². The first-order valence-electron chi connectivity index (χ1n) is 22.7. The summed E-state index contributed by atoms with van der Waals surface area (Å²) >= 11 is 0. The molecule has 30 nitrogen and oxygen atoms in total. The molecular formula is C40H64O30. The molecular weight excluding hydrogens is 960 g/mol. The van der Waals surface area contributed by atoms with E-state index in [2.05, 4.69) is 6.58 Å². The molecule has 16 N–H and O–H groups in total. The number of rotatable bonds is 4. The van der Waals surface area contributed by atoms with Gasteiger partial charge in [0.05, 0.1) is 52.9 Å². The molecule has 2 unspecified atom stereocenters. The zero-order valence-corrected chi connectivity index (χ0v) is 37.1. The molecule has 12 rings (SSSR count). The van der Waals surface area contributed by atoms with Crippen molar-refractivity contribution < 1.29 is 148 Å². The van der Waals surface area contributed by atoms with E-state index in [0.717, 1.165) is 0 Å². The number of aliphatic hydroxyl groups is 16. The van der Waals surface area contributed by atoms with Crippen molar-refractivity contribution in [2.24, 2.45) is 0 Å². The van der Waals surface area contributed by atoms with E-state index < -0.39 is 224 Å². The van der Waals surface area contributed by atoms with Crippen LogP contribution in [0.15, 0.2) is 12.2 Å². The van der Waals surface area contributed by atoms with Gasteiger partial charge < -0.3 is 148 Å². The lowest BCUT2D eigenvalue weighted by Crippen LogP contribution is -2.69. The quantitative estimate of drug-likeness (QED) is 0.116. The Morgan fingerprint density at radius 2 is 0.514 bits per heavy atom. The molecule has 12 fully saturated rings. The summed E-state index contributed by atoms with van der Waals surface area (Å²) in [6.45, 7) is -1.76. The Balaban J connectivity index is 1.18. The minimum Gasteiger partial charge on any atom is -0.394 e. The van der Waals surface area contributed by atoms with Crippen LogP contribution in [0.1, 0.15) is 0 Å². The average molecular weight is 1020 g/mol. The van der Waals surface area contributed by atoms with Crippen molar-refractivity contribution >= 4 is 0 Å². The van der Waals surface area contributed by atoms with Crippen molar-refractivity contribution in [2.75, 3.05) is 52.9 Å². The van der Waals surface area contributed by atoms with Gasteiger partial charge in [0.15, 0.2) is 37.7 Å². The van der Waals surface area contributed by atoms with Gasteiger partial charge in [-0.05, 0) is 5.57 Å². The lowest BCUT2D eigenvalue weighted by atomic mass is 9.94. The second-order valence-corrected chi connectivity index (χ2v) is 18.3. The summed E-state index contributed by atoms with van der Waals surface area (Å²) in [5.74, 6) is 0. The Kier molecular flexibility index (Phi) is 18.2. The molecule has 0 aromatic heterocycles. The summed E-state index contributed by atoms with van der Waals surface area (Å²) in [6.07, 6.45) is -57.3. The molecule has 12 heterocycles. The average Bonchev–Trinajstić information content (AvgIpc) is 3.34. The third-order valence-corrected chi connectivity index (χ3v) is 13.5. The summed E-state index contributed by atoms with van der Waals surface area (Å²) in [5, 5.41) is 179. The first kappa shape index (κ1) is 54.8. The van der Waals surface area contributed by atoms with Gasteiger partial charge in [-0.15, -0.1) is 0 Å². The minimum atomic E-state index is -2.13. The normalized spacial score (nSPS) is 54.4. The van der Waals surface area contributed by atoms with Crippen LogP contribution >= 0.6 is 0 Å². The third-order valence-electron chi connectivity index (χ3n) is 13.5. The predicted octanol–water partition coefficient (Wildman–Crippen LogP) is -11.4. The first-order chi connectivity index (χ1) is 33.4. The van der Waals surface area contributed by atoms with Crippen molar-refractivity contribution in [1.82, 2.24) is 0 Å². The number of hydrogen-bond donors (Lipinski definition) is 16. The van der Waals surface area contributed by atoms with E-state index in [4.69, 9.17) is 66.3 Å². The molecule has 12 bridgehead atoms. The summed E-state index contributed by atoms with van der Waals surface area (Å²) in [7, 11) is 0. The Morgan fingerprint density at radius 3 is 0.757 bits per heavy atom. The lowest BCUT2D eigenvalue weighted by molar-refractivity contribution is -0.404. The Morgan fingerprint density at radius 1 is 0.300 bits per heavy atom. The fraction of sp³-hybridized carbons (Fsp3) is 0.950. The molecule has 0 saturated carbocycles. The summed E-state index contributed by atoms with van der Waals surface area (Å²) in [4.78, 5) is 0. The number of fused-ring (bicyclic) bond motifs is 4. The van der Waals surface area contributed by atoms with E-state index in [-0.39, 0.29) is 18.8 Å². The maximum Gasteiger partial charge on any atom is 0.187 e. The van der Waals surface area contributed by atoms with Crippen LogP contribution in [-0.4, -0.2) is 319 Å². The van der Waals surface area contributed by atoms with E-state index >= 15 is 0 Å². The van der Waals surface area contributed by atoms with Crippen LogP contribution in [0.3, 0.4) is 0 Å². The predicted molar refractivity (Wildman–Crippen MR) is 212 cm³/mol. The maximum atomic E-state index is 11.6. The standard InChI is InChI=1S/C40H64O30/c1-10-6-57-8-15-33-21(49)27(55)39(63-15)68-32-14(5-44)60-36(24(52)18(32)46)66-30-12(3-42)62-38(26(54)20(30)48)70-34-16(9-58-7-10)64-40(28(56)22(34)50)67-31-13(4-43)59-35(23(51)17(31)45)65-29-11(2-41)61-37(69-33)25(53)19(29)47/h11-56H,1-9H2/t11-,12-,13-,14-,15-,16-,17-,18?,19-,20?,21-,22-,23-,24-,25-,26-,27-,28-,29-,30-,31-,32-,33-,34-,35-,36-,37-,38-,39-,40-/m1/s1. The van der Waals surface area contributed by atoms with Gasteiger partial charge in [0.1, 0.15) is 146 Å². The number of hydrogen-bond acceptors (Lipinski definition) is 30. The molecule has 12 aliphatic rings. The molecule has 12 saturated heterocycles. The zero-order chi connectivity index (χ0) is 50.5. The fourth-order valence-corrected chi connectivity index (χ4v) is 9.58. The lowest BCUT2D eigenvalue weighted by Gasteiger charge is -2.50. The van der Waals surface area contributed by atoms with Crippen LogP contribution in [0.5, 0.6) is 0 Å². The SMILES string of the molecule is C=C1COC[C@H]2O[C@@H]3O[C@H]4C(O)[C@@H](O)[C@H](O[C@@H]4CO)O[C@H]4C(O)[C@@H](O)[C@@H](O[C@H]5[C@H](O)[C@@H](O)[C@@H](O[C@H]6[C@H](O)[C@@H](O)[C@@H](O[C@H]7[C@H](O)[C@@H](O)[C@@H](O[C@H]2[C@H](O)[C@H]3O)O[C@@H]7CO)O[C@@H]6CO)O[C@@H]5COC1)O[C@@H]4CO. The Labute approximate surface area is 397 Å². The minimum absolute atomic E-state index is 0.200. The van der Waals surface area contributed by atoms with E-state index in [0.29, 0.717) is 0 Å². The monoisotopic (exact) mass is 1020 g/mol. The van der Waals surface area contributed by atoms with Crippen LogP contribution in [0.4, 0.5) is 0 Å². The molecule has 0 aromatic rings. The van der Waals surface area contributed by atoms with Gasteiger partial charge in [-0.2, -0.15) is 0 Å². The highest BCUT2D eigenvalue weighted by molar-refractivity contribution is 5.02. The molecule has 12 aliphatic heterocycles. The fourth-order valence-electron chi connectivity index (χ4n) is 9.58. The molecule has 30 atom stereocenters. The third kappa shape index (κ3) is 10.8. The molecule has 0 aliphatic carbocycles. The van der Waals surface area contributed by atoms with E-state index in [1.165, 1.54) is 0 Å². The van der Waals surface area contributed by atoms with Gasteiger partial charge >= 0.3 is 0 Å². The zero-order valence-electron chi connectivity index (χ0n) is 37.1. The first-order valence-corrected chi connectivity index (χ1v) is 22.7. The Bertz CT molecular complexity index is 1560. The number of ether oxygens (including phenoxy) is 14. The highest BCUT2D eigenvalue weighted by atomic mass is 16.8. The van der Waals surface area contributed by atoms with E-state index in [9.17, 15) is 81.7 Å². The van der Waals surface area contributed by atoms with Gasteiger partial charge in [-0.3, -0.25) is 0 Å². The van der Waals surface area contributed by atoms with Crippen molar-refractivity contribution in [2.45, 2.75) is 184 Å². The Hall–Kier alpha value is -1.46.